The molecule has 0 saturated carbocycles. The van der Waals surface area contributed by atoms with E-state index < -0.39 is 0 Å². The topological polar surface area (TPSA) is 222 Å². The summed E-state index contributed by atoms with van der Waals surface area (Å²) >= 11 is 0. The van der Waals surface area contributed by atoms with Crippen LogP contribution in [0.4, 0.5) is 0 Å². The summed E-state index contributed by atoms with van der Waals surface area (Å²) in [7, 11) is 0. The van der Waals surface area contributed by atoms with Crippen LogP contribution in [0.15, 0.2) is 0 Å². The molecule has 0 spiro atoms. The molecule has 1 heterocycles. The zero-order valence-electron chi connectivity index (χ0n) is 39.5. The van der Waals surface area contributed by atoms with E-state index in [1.54, 1.807) is 0 Å². The number of hydrogen-bond acceptors (Lipinski definition) is 24. The molecular formula is C42H84O24. The predicted octanol–water partition coefficient (Wildman–Crippen LogP) is 0.143. The summed E-state index contributed by atoms with van der Waals surface area (Å²) in [4.78, 5) is 0. The van der Waals surface area contributed by atoms with E-state index in [-0.39, 0.29) is 40.8 Å². The van der Waals surface area contributed by atoms with Gasteiger partial charge in [0, 0.05) is 0 Å². The lowest BCUT2D eigenvalue weighted by Crippen LogP contribution is -2.15. The van der Waals surface area contributed by atoms with E-state index in [1.165, 1.54) is 0 Å². The predicted molar refractivity (Wildman–Crippen MR) is 230 cm³/mol. The molecule has 1 fully saturated rings. The fraction of sp³-hybridized carbons (Fsp3) is 1.00. The fourth-order valence-corrected chi connectivity index (χ4v) is 4.41. The molecule has 1 aliphatic rings. The number of hydrogen-bond donors (Lipinski definition) is 0. The first-order valence-corrected chi connectivity index (χ1v) is 22.9. The number of rotatable bonds is 0. The zero-order valence-corrected chi connectivity index (χ0v) is 39.5. The Kier molecular flexibility index (Phi) is 57.5. The Morgan fingerprint density at radius 3 is 0.212 bits per heavy atom. The summed E-state index contributed by atoms with van der Waals surface area (Å²) < 4.78 is 130. The van der Waals surface area contributed by atoms with Gasteiger partial charge in [0.05, 0.1) is 238 Å². The van der Waals surface area contributed by atoms with E-state index in [2.05, 4.69) is 0 Å². The smallest absolute Gasteiger partial charge is 0.146 e. The Hall–Kier alpha value is -0.960. The third-order valence-corrected chi connectivity index (χ3v) is 7.70. The average molecular weight is 973 g/mol. The minimum atomic E-state index is 0.165. The van der Waals surface area contributed by atoms with Crippen molar-refractivity contribution < 1.29 is 114 Å². The lowest BCUT2D eigenvalue weighted by atomic mass is 10.7. The molecule has 0 N–H and O–H groups in total. The van der Waals surface area contributed by atoms with Crippen molar-refractivity contribution in [3.8, 4) is 0 Å². The second kappa shape index (κ2) is 60.2. The summed E-state index contributed by atoms with van der Waals surface area (Å²) in [5, 5.41) is 0. The van der Waals surface area contributed by atoms with E-state index in [0.29, 0.717) is 238 Å². The highest BCUT2D eigenvalue weighted by atomic mass is 16.7. The van der Waals surface area contributed by atoms with Crippen LogP contribution in [0.2, 0.25) is 0 Å². The van der Waals surface area contributed by atoms with Crippen molar-refractivity contribution in [3.05, 3.63) is 0 Å². The van der Waals surface area contributed by atoms with Crippen LogP contribution in [0.25, 0.3) is 0 Å². The normalized spacial score (nSPS) is 24.0. The van der Waals surface area contributed by atoms with Crippen LogP contribution in [0.5, 0.6) is 0 Å². The average Bonchev–Trinajstić information content (AvgIpc) is 3.33. The molecule has 0 amide bonds. The van der Waals surface area contributed by atoms with Crippen LogP contribution in [-0.2, 0) is 114 Å². The van der Waals surface area contributed by atoms with Crippen LogP contribution < -0.4 is 0 Å². The number of ether oxygens (including phenoxy) is 24. The first-order chi connectivity index (χ1) is 33.0. The molecule has 0 aromatic carbocycles. The van der Waals surface area contributed by atoms with Gasteiger partial charge < -0.3 is 114 Å². The summed E-state index contributed by atoms with van der Waals surface area (Å²) in [6.45, 7) is 16.8. The van der Waals surface area contributed by atoms with Crippen molar-refractivity contribution in [1.82, 2.24) is 0 Å². The third kappa shape index (κ3) is 57.4. The molecule has 1 aliphatic heterocycles. The van der Waals surface area contributed by atoms with Gasteiger partial charge in [-0.2, -0.15) is 0 Å². The summed E-state index contributed by atoms with van der Waals surface area (Å²) in [6.07, 6.45) is 0. The Bertz CT molecular complexity index is 461. The third-order valence-electron chi connectivity index (χ3n) is 7.70. The molecule has 0 aromatic heterocycles. The SMILES string of the molecule is C1COCCOCOCCOCCOCCOCOCCOCCOCCOCOCCOCCOCCOCOCCOCCOCCOCOCCOCCOCCOCOCCO1. The van der Waals surface area contributed by atoms with Crippen molar-refractivity contribution in [1.29, 1.82) is 0 Å². The van der Waals surface area contributed by atoms with Crippen LogP contribution >= 0.6 is 0 Å². The minimum absolute atomic E-state index is 0.165. The van der Waals surface area contributed by atoms with Crippen molar-refractivity contribution in [2.75, 3.05) is 279 Å². The molecule has 0 bridgehead atoms. The first-order valence-electron chi connectivity index (χ1n) is 22.9. The maximum Gasteiger partial charge on any atom is 0.146 e. The van der Waals surface area contributed by atoms with Crippen LogP contribution in [-0.4, -0.2) is 279 Å². The molecule has 0 aromatic rings. The molecule has 24 heteroatoms. The van der Waals surface area contributed by atoms with Crippen molar-refractivity contribution >= 4 is 0 Å². The lowest BCUT2D eigenvalue weighted by molar-refractivity contribution is -0.0970. The summed E-state index contributed by atoms with van der Waals surface area (Å²) in [5.41, 5.74) is 0. The van der Waals surface area contributed by atoms with Gasteiger partial charge in [-0.25, -0.2) is 0 Å². The highest BCUT2D eigenvalue weighted by molar-refractivity contribution is 4.39. The molecule has 396 valence electrons. The summed E-state index contributed by atoms with van der Waals surface area (Å²) in [6, 6.07) is 0. The maximum atomic E-state index is 5.47. The standard InChI is InChI=1S/C42H84O24/c1-2-44-14-26-56-38-58-28-16-46-5-6-48-18-30-60-40-62-32-20-50-9-10-52-22-34-64-42-66-36-24-54-12-11-53-23-35-65-41-63-33-21-51-8-7-49-19-31-61-39-59-29-17-47-4-3-45-15-27-57-37-55-25-13-43-1/h1-42H2. The van der Waals surface area contributed by atoms with Gasteiger partial charge in [0.2, 0.25) is 0 Å². The van der Waals surface area contributed by atoms with Gasteiger partial charge in [-0.1, -0.05) is 0 Å². The van der Waals surface area contributed by atoms with E-state index in [1.807, 2.05) is 0 Å². The molecule has 0 atom stereocenters. The fourth-order valence-electron chi connectivity index (χ4n) is 4.41. The van der Waals surface area contributed by atoms with E-state index in [0.717, 1.165) is 0 Å². The monoisotopic (exact) mass is 973 g/mol. The highest BCUT2D eigenvalue weighted by Crippen LogP contribution is 1.91. The molecule has 0 unspecified atom stereocenters. The molecule has 0 radical (unpaired) electrons. The van der Waals surface area contributed by atoms with Gasteiger partial charge in [0.25, 0.3) is 0 Å². The van der Waals surface area contributed by atoms with Gasteiger partial charge in [0.15, 0.2) is 0 Å². The summed E-state index contributed by atoms with van der Waals surface area (Å²) in [5.74, 6) is 0. The van der Waals surface area contributed by atoms with Gasteiger partial charge in [-0.15, -0.1) is 0 Å². The maximum absolute atomic E-state index is 5.47. The van der Waals surface area contributed by atoms with E-state index in [4.69, 9.17) is 114 Å². The molecule has 1 saturated heterocycles. The zero-order chi connectivity index (χ0) is 46.7. The van der Waals surface area contributed by atoms with Crippen molar-refractivity contribution in [3.63, 3.8) is 0 Å². The quantitative estimate of drug-likeness (QED) is 0.315. The Labute approximate surface area is 391 Å². The first kappa shape index (κ1) is 63.1. The molecule has 0 aliphatic carbocycles. The van der Waals surface area contributed by atoms with Crippen LogP contribution in [0.3, 0.4) is 0 Å². The van der Waals surface area contributed by atoms with Gasteiger partial charge in [-0.3, -0.25) is 0 Å². The van der Waals surface area contributed by atoms with Crippen LogP contribution in [0, 0.1) is 0 Å². The minimum Gasteiger partial charge on any atom is -0.377 e. The van der Waals surface area contributed by atoms with Gasteiger partial charge in [-0.05, 0) is 0 Å². The molecule has 66 heavy (non-hydrogen) atoms. The Balaban J connectivity index is 2.00. The van der Waals surface area contributed by atoms with Gasteiger partial charge in [0.1, 0.15) is 40.8 Å². The Morgan fingerprint density at radius 1 is 0.0758 bits per heavy atom. The largest absolute Gasteiger partial charge is 0.377 e. The lowest BCUT2D eigenvalue weighted by Gasteiger charge is -2.10. The van der Waals surface area contributed by atoms with Gasteiger partial charge >= 0.3 is 0 Å². The van der Waals surface area contributed by atoms with Crippen molar-refractivity contribution in [2.45, 2.75) is 0 Å². The van der Waals surface area contributed by atoms with E-state index in [9.17, 15) is 0 Å². The highest BCUT2D eigenvalue weighted by Gasteiger charge is 2.00. The molecular weight excluding hydrogens is 888 g/mol. The molecule has 24 nitrogen and oxygen atoms in total. The van der Waals surface area contributed by atoms with E-state index >= 15 is 0 Å². The van der Waals surface area contributed by atoms with Crippen molar-refractivity contribution in [2.24, 2.45) is 0 Å². The van der Waals surface area contributed by atoms with Crippen LogP contribution in [0.1, 0.15) is 0 Å². The second-order valence-corrected chi connectivity index (χ2v) is 13.0. The Morgan fingerprint density at radius 2 is 0.136 bits per heavy atom. The molecule has 1 rings (SSSR count). The second-order valence-electron chi connectivity index (χ2n) is 13.0.